The van der Waals surface area contributed by atoms with Crippen molar-refractivity contribution in [3.05, 3.63) is 42.5 Å². The molecular formula is C15H17F2N3O. The first-order chi connectivity index (χ1) is 10.2. The van der Waals surface area contributed by atoms with Gasteiger partial charge in [0, 0.05) is 6.54 Å². The van der Waals surface area contributed by atoms with Gasteiger partial charge in [0.2, 0.25) is 0 Å². The normalized spacial score (nSPS) is 10.5. The highest BCUT2D eigenvalue weighted by atomic mass is 19.3. The van der Waals surface area contributed by atoms with Crippen molar-refractivity contribution in [1.29, 1.82) is 0 Å². The lowest BCUT2D eigenvalue weighted by atomic mass is 10.3. The maximum atomic E-state index is 12.4. The predicted octanol–water partition coefficient (Wildman–Crippen LogP) is 4.25. The molecule has 0 radical (unpaired) electrons. The molecule has 4 nitrogen and oxygen atoms in total. The average Bonchev–Trinajstić information content (AvgIpc) is 2.47. The topological polar surface area (TPSA) is 46.2 Å². The molecule has 2 rings (SSSR count). The minimum atomic E-state index is -2.86. The first kappa shape index (κ1) is 15.0. The van der Waals surface area contributed by atoms with Crippen LogP contribution in [0.1, 0.15) is 13.3 Å². The molecule has 0 unspecified atom stereocenters. The van der Waals surface area contributed by atoms with Crippen molar-refractivity contribution in [2.24, 2.45) is 0 Å². The molecule has 2 aromatic rings. The zero-order valence-electron chi connectivity index (χ0n) is 11.6. The number of alkyl halides is 2. The molecule has 1 heterocycles. The Balaban J connectivity index is 2.14. The van der Waals surface area contributed by atoms with E-state index in [1.807, 2.05) is 12.1 Å². The van der Waals surface area contributed by atoms with E-state index in [1.165, 1.54) is 6.07 Å². The summed E-state index contributed by atoms with van der Waals surface area (Å²) in [6.07, 6.45) is 0.990. The van der Waals surface area contributed by atoms with Crippen molar-refractivity contribution in [2.75, 3.05) is 17.2 Å². The van der Waals surface area contributed by atoms with Crippen LogP contribution in [-0.4, -0.2) is 18.1 Å². The second-order valence-electron chi connectivity index (χ2n) is 4.33. The fraction of sp³-hybridized carbons (Fsp3) is 0.267. The Morgan fingerprint density at radius 2 is 1.86 bits per heavy atom. The molecule has 0 saturated heterocycles. The van der Waals surface area contributed by atoms with Crippen LogP contribution in [0.2, 0.25) is 0 Å². The highest BCUT2D eigenvalue weighted by Crippen LogP contribution is 2.28. The van der Waals surface area contributed by atoms with Crippen molar-refractivity contribution in [2.45, 2.75) is 20.0 Å². The van der Waals surface area contributed by atoms with Gasteiger partial charge < -0.3 is 15.4 Å². The highest BCUT2D eigenvalue weighted by Gasteiger charge is 2.09. The molecule has 112 valence electrons. The summed E-state index contributed by atoms with van der Waals surface area (Å²) >= 11 is 0. The molecule has 0 bridgehead atoms. The van der Waals surface area contributed by atoms with Crippen LogP contribution in [0.25, 0.3) is 0 Å². The number of aromatic nitrogens is 1. The van der Waals surface area contributed by atoms with E-state index >= 15 is 0 Å². The lowest BCUT2D eigenvalue weighted by Crippen LogP contribution is -2.06. The quantitative estimate of drug-likeness (QED) is 0.801. The van der Waals surface area contributed by atoms with Crippen molar-refractivity contribution >= 4 is 17.3 Å². The third-order valence-corrected chi connectivity index (χ3v) is 2.67. The zero-order valence-corrected chi connectivity index (χ0v) is 11.6. The third-order valence-electron chi connectivity index (χ3n) is 2.67. The number of ether oxygens (including phenoxy) is 1. The van der Waals surface area contributed by atoms with Crippen LogP contribution in [0.5, 0.6) is 5.75 Å². The second kappa shape index (κ2) is 7.42. The monoisotopic (exact) mass is 293 g/mol. The SMILES string of the molecule is CCCNc1cccc(Nc2ccccc2OC(F)F)n1. The Morgan fingerprint density at radius 1 is 1.10 bits per heavy atom. The van der Waals surface area contributed by atoms with Crippen molar-refractivity contribution in [3.63, 3.8) is 0 Å². The summed E-state index contributed by atoms with van der Waals surface area (Å²) in [6, 6.07) is 12.0. The molecule has 2 N–H and O–H groups in total. The molecule has 0 aliphatic carbocycles. The highest BCUT2D eigenvalue weighted by molar-refractivity contribution is 5.64. The number of nitrogens with one attached hydrogen (secondary N) is 2. The molecule has 0 fully saturated rings. The molecule has 1 aromatic heterocycles. The molecular weight excluding hydrogens is 276 g/mol. The number of benzene rings is 1. The van der Waals surface area contributed by atoms with Crippen LogP contribution in [0.4, 0.5) is 26.1 Å². The van der Waals surface area contributed by atoms with E-state index in [-0.39, 0.29) is 5.75 Å². The van der Waals surface area contributed by atoms with Gasteiger partial charge in [0.1, 0.15) is 17.4 Å². The number of pyridine rings is 1. The van der Waals surface area contributed by atoms with E-state index in [9.17, 15) is 8.78 Å². The Kier molecular flexibility index (Phi) is 5.31. The Hall–Kier alpha value is -2.37. The van der Waals surface area contributed by atoms with E-state index < -0.39 is 6.61 Å². The largest absolute Gasteiger partial charge is 0.433 e. The third kappa shape index (κ3) is 4.59. The minimum Gasteiger partial charge on any atom is -0.433 e. The van der Waals surface area contributed by atoms with E-state index in [4.69, 9.17) is 0 Å². The summed E-state index contributed by atoms with van der Waals surface area (Å²) in [6.45, 7) is 0.0210. The Labute approximate surface area is 122 Å². The number of halogens is 2. The van der Waals surface area contributed by atoms with Crippen molar-refractivity contribution < 1.29 is 13.5 Å². The molecule has 0 atom stereocenters. The molecule has 21 heavy (non-hydrogen) atoms. The van der Waals surface area contributed by atoms with Gasteiger partial charge in [-0.25, -0.2) is 4.98 Å². The van der Waals surface area contributed by atoms with Crippen LogP contribution in [0, 0.1) is 0 Å². The smallest absolute Gasteiger partial charge is 0.387 e. The summed E-state index contributed by atoms with van der Waals surface area (Å²) in [5, 5.41) is 6.15. The lowest BCUT2D eigenvalue weighted by Gasteiger charge is -2.13. The number of hydrogen-bond donors (Lipinski definition) is 2. The summed E-state index contributed by atoms with van der Waals surface area (Å²) < 4.78 is 29.2. The van der Waals surface area contributed by atoms with Crippen LogP contribution in [0.15, 0.2) is 42.5 Å². The summed E-state index contributed by atoms with van der Waals surface area (Å²) in [4.78, 5) is 4.36. The minimum absolute atomic E-state index is 0.0845. The van der Waals surface area contributed by atoms with Gasteiger partial charge in [-0.1, -0.05) is 25.1 Å². The number of rotatable bonds is 7. The van der Waals surface area contributed by atoms with Gasteiger partial charge in [-0.15, -0.1) is 0 Å². The van der Waals surface area contributed by atoms with Crippen LogP contribution >= 0.6 is 0 Å². The molecule has 0 spiro atoms. The number of para-hydroxylation sites is 2. The summed E-state index contributed by atoms with van der Waals surface area (Å²) in [7, 11) is 0. The van der Waals surface area contributed by atoms with Crippen LogP contribution < -0.4 is 15.4 Å². The molecule has 0 aliphatic heterocycles. The van der Waals surface area contributed by atoms with Gasteiger partial charge in [-0.05, 0) is 30.7 Å². The molecule has 0 aliphatic rings. The summed E-state index contributed by atoms with van der Waals surface area (Å²) in [5.74, 6) is 1.37. The first-order valence-corrected chi connectivity index (χ1v) is 6.71. The van der Waals surface area contributed by atoms with Crippen molar-refractivity contribution in [1.82, 2.24) is 4.98 Å². The maximum absolute atomic E-state index is 12.4. The second-order valence-corrected chi connectivity index (χ2v) is 4.33. The molecule has 1 aromatic carbocycles. The van der Waals surface area contributed by atoms with Gasteiger partial charge in [0.25, 0.3) is 0 Å². The van der Waals surface area contributed by atoms with E-state index in [0.717, 1.165) is 18.8 Å². The van der Waals surface area contributed by atoms with Crippen LogP contribution in [0.3, 0.4) is 0 Å². The van der Waals surface area contributed by atoms with Gasteiger partial charge in [0.05, 0.1) is 5.69 Å². The van der Waals surface area contributed by atoms with E-state index in [1.54, 1.807) is 24.3 Å². The van der Waals surface area contributed by atoms with Gasteiger partial charge in [-0.2, -0.15) is 8.78 Å². The fourth-order valence-electron chi connectivity index (χ4n) is 1.76. The van der Waals surface area contributed by atoms with E-state index in [0.29, 0.717) is 11.5 Å². The summed E-state index contributed by atoms with van der Waals surface area (Å²) in [5.41, 5.74) is 0.443. The maximum Gasteiger partial charge on any atom is 0.387 e. The molecule has 0 saturated carbocycles. The van der Waals surface area contributed by atoms with Gasteiger partial charge in [-0.3, -0.25) is 0 Å². The van der Waals surface area contributed by atoms with E-state index in [2.05, 4.69) is 27.3 Å². The zero-order chi connectivity index (χ0) is 15.1. The Bertz CT molecular complexity index is 578. The fourth-order valence-corrected chi connectivity index (χ4v) is 1.76. The number of nitrogens with zero attached hydrogens (tertiary/aromatic N) is 1. The predicted molar refractivity (Wildman–Crippen MR) is 79.4 cm³/mol. The van der Waals surface area contributed by atoms with Crippen molar-refractivity contribution in [3.8, 4) is 5.75 Å². The van der Waals surface area contributed by atoms with Crippen LogP contribution in [-0.2, 0) is 0 Å². The standard InChI is InChI=1S/C15H17F2N3O/c1-2-10-18-13-8-5-9-14(20-13)19-11-6-3-4-7-12(11)21-15(16)17/h3-9,15H,2,10H2,1H3,(H2,18,19,20). The van der Waals surface area contributed by atoms with Gasteiger partial charge in [0.15, 0.2) is 0 Å². The average molecular weight is 293 g/mol. The molecule has 6 heteroatoms. The lowest BCUT2D eigenvalue weighted by molar-refractivity contribution is -0.0493. The van der Waals surface area contributed by atoms with Gasteiger partial charge >= 0.3 is 6.61 Å². The number of hydrogen-bond acceptors (Lipinski definition) is 4. The first-order valence-electron chi connectivity index (χ1n) is 6.71. The Morgan fingerprint density at radius 3 is 2.62 bits per heavy atom. The molecule has 0 amide bonds. The number of anilines is 3.